The summed E-state index contributed by atoms with van der Waals surface area (Å²) in [6.45, 7) is -0.0633. The molecule has 2 rings (SSSR count). The molecule has 1 amide bonds. The third-order valence-electron chi connectivity index (χ3n) is 2.69. The molecule has 0 radical (unpaired) electrons. The molecule has 0 fully saturated rings. The summed E-state index contributed by atoms with van der Waals surface area (Å²) in [5.74, 6) is 0.568. The highest BCUT2D eigenvalue weighted by atomic mass is 16.5. The van der Waals surface area contributed by atoms with E-state index in [4.69, 9.17) is 15.6 Å². The smallest absolute Gasteiger partial charge is 0.264 e. The number of hydrogen-bond donors (Lipinski definition) is 2. The van der Waals surface area contributed by atoms with E-state index in [1.807, 2.05) is 0 Å². The highest BCUT2D eigenvalue weighted by Crippen LogP contribution is 2.33. The van der Waals surface area contributed by atoms with Gasteiger partial charge in [0.1, 0.15) is 5.75 Å². The van der Waals surface area contributed by atoms with E-state index in [0.29, 0.717) is 11.4 Å². The van der Waals surface area contributed by atoms with E-state index in [0.717, 1.165) is 5.56 Å². The molecule has 5 nitrogen and oxygen atoms in total. The van der Waals surface area contributed by atoms with Gasteiger partial charge in [-0.2, -0.15) is 0 Å². The lowest BCUT2D eigenvalue weighted by Crippen LogP contribution is -2.35. The van der Waals surface area contributed by atoms with Crippen molar-refractivity contribution < 1.29 is 14.6 Å². The Balaban J connectivity index is 2.40. The molecule has 0 aliphatic carbocycles. The number of rotatable bonds is 2. The van der Waals surface area contributed by atoms with Crippen LogP contribution in [0, 0.1) is 0 Å². The summed E-state index contributed by atoms with van der Waals surface area (Å²) in [5, 5.41) is 8.97. The number of nitrogens with two attached hydrogens (primary N) is 1. The molecule has 0 saturated heterocycles. The van der Waals surface area contributed by atoms with Crippen LogP contribution in [0.4, 0.5) is 5.69 Å². The molecule has 1 aliphatic heterocycles. The predicted molar refractivity (Wildman–Crippen MR) is 59.4 cm³/mol. The Kier molecular flexibility index (Phi) is 2.80. The van der Waals surface area contributed by atoms with Crippen molar-refractivity contribution in [2.24, 2.45) is 5.73 Å². The summed E-state index contributed by atoms with van der Waals surface area (Å²) >= 11 is 0. The third-order valence-corrected chi connectivity index (χ3v) is 2.69. The summed E-state index contributed by atoms with van der Waals surface area (Å²) in [5.41, 5.74) is 7.19. The number of carbonyl (C=O) groups is 1. The van der Waals surface area contributed by atoms with Gasteiger partial charge in [0.15, 0.2) is 6.61 Å². The van der Waals surface area contributed by atoms with Gasteiger partial charge in [0, 0.05) is 7.05 Å². The van der Waals surface area contributed by atoms with Crippen molar-refractivity contribution in [3.8, 4) is 5.75 Å². The van der Waals surface area contributed by atoms with Crippen molar-refractivity contribution in [1.82, 2.24) is 0 Å². The molecule has 0 saturated carbocycles. The molecule has 1 heterocycles. The van der Waals surface area contributed by atoms with Gasteiger partial charge in [0.2, 0.25) is 0 Å². The second kappa shape index (κ2) is 4.11. The highest BCUT2D eigenvalue weighted by Gasteiger charge is 2.22. The van der Waals surface area contributed by atoms with Crippen LogP contribution in [0.3, 0.4) is 0 Å². The number of aliphatic hydroxyl groups excluding tert-OH is 1. The van der Waals surface area contributed by atoms with E-state index >= 15 is 0 Å². The summed E-state index contributed by atoms with van der Waals surface area (Å²) in [6.07, 6.45) is 0. The van der Waals surface area contributed by atoms with Gasteiger partial charge in [-0.3, -0.25) is 4.79 Å². The van der Waals surface area contributed by atoms with E-state index in [-0.39, 0.29) is 19.1 Å². The zero-order valence-electron chi connectivity index (χ0n) is 9.01. The summed E-state index contributed by atoms with van der Waals surface area (Å²) in [7, 11) is 1.69. The number of hydrogen-bond acceptors (Lipinski definition) is 4. The Labute approximate surface area is 93.4 Å². The first-order valence-corrected chi connectivity index (χ1v) is 5.03. The normalized spacial score (nSPS) is 16.7. The fourth-order valence-electron chi connectivity index (χ4n) is 1.63. The Morgan fingerprint density at radius 1 is 1.62 bits per heavy atom. The highest BCUT2D eigenvalue weighted by molar-refractivity contribution is 5.97. The molecule has 1 aromatic carbocycles. The van der Waals surface area contributed by atoms with Crippen LogP contribution in [0.1, 0.15) is 11.6 Å². The number of ether oxygens (including phenoxy) is 1. The summed E-state index contributed by atoms with van der Waals surface area (Å²) in [6, 6.07) is 4.90. The van der Waals surface area contributed by atoms with Gasteiger partial charge in [0.05, 0.1) is 18.3 Å². The van der Waals surface area contributed by atoms with E-state index in [1.165, 1.54) is 4.90 Å². The monoisotopic (exact) mass is 222 g/mol. The number of likely N-dealkylation sites (N-methyl/N-ethyl adjacent to an activating group) is 1. The molecule has 5 heteroatoms. The largest absolute Gasteiger partial charge is 0.482 e. The van der Waals surface area contributed by atoms with Gasteiger partial charge in [-0.1, -0.05) is 6.07 Å². The van der Waals surface area contributed by atoms with E-state index in [2.05, 4.69) is 0 Å². The quantitative estimate of drug-likeness (QED) is 0.740. The number of fused-ring (bicyclic) bond motifs is 1. The Hall–Kier alpha value is -1.59. The van der Waals surface area contributed by atoms with E-state index < -0.39 is 6.04 Å². The molecule has 0 aromatic heterocycles. The standard InChI is InChI=1S/C11H14N2O3/c1-13-9-4-7(8(12)5-14)2-3-10(9)16-6-11(13)15/h2-4,8,14H,5-6,12H2,1H3. The van der Waals surface area contributed by atoms with Crippen molar-refractivity contribution in [3.63, 3.8) is 0 Å². The van der Waals surface area contributed by atoms with Gasteiger partial charge in [-0.15, -0.1) is 0 Å². The number of carbonyl (C=O) groups excluding carboxylic acids is 1. The molecule has 1 atom stereocenters. The van der Waals surface area contributed by atoms with Gasteiger partial charge in [-0.25, -0.2) is 0 Å². The zero-order chi connectivity index (χ0) is 11.7. The van der Waals surface area contributed by atoms with E-state index in [1.54, 1.807) is 25.2 Å². The number of anilines is 1. The van der Waals surface area contributed by atoms with Crippen LogP contribution in [0.25, 0.3) is 0 Å². The molecule has 86 valence electrons. The molecule has 0 bridgehead atoms. The molecular formula is C11H14N2O3. The van der Waals surface area contributed by atoms with Gasteiger partial charge < -0.3 is 20.5 Å². The molecule has 1 aliphatic rings. The van der Waals surface area contributed by atoms with Crippen molar-refractivity contribution in [2.45, 2.75) is 6.04 Å². The second-order valence-electron chi connectivity index (χ2n) is 3.76. The average molecular weight is 222 g/mol. The average Bonchev–Trinajstić information content (AvgIpc) is 2.32. The Morgan fingerprint density at radius 3 is 3.06 bits per heavy atom. The minimum absolute atomic E-state index is 0.0644. The van der Waals surface area contributed by atoms with Gasteiger partial charge in [-0.05, 0) is 17.7 Å². The van der Waals surface area contributed by atoms with Crippen LogP contribution in [0.5, 0.6) is 5.75 Å². The first-order chi connectivity index (χ1) is 7.63. The number of benzene rings is 1. The van der Waals surface area contributed by atoms with Crippen LogP contribution >= 0.6 is 0 Å². The lowest BCUT2D eigenvalue weighted by atomic mass is 10.1. The van der Waals surface area contributed by atoms with Crippen LogP contribution in [-0.2, 0) is 4.79 Å². The molecule has 3 N–H and O–H groups in total. The zero-order valence-corrected chi connectivity index (χ0v) is 9.01. The maximum atomic E-state index is 11.4. The SMILES string of the molecule is CN1C(=O)COc2ccc(C(N)CO)cc21. The van der Waals surface area contributed by atoms with Gasteiger partial charge in [0.25, 0.3) is 5.91 Å². The first kappa shape index (κ1) is 10.9. The molecule has 16 heavy (non-hydrogen) atoms. The molecule has 0 spiro atoms. The molecule has 1 unspecified atom stereocenters. The minimum Gasteiger partial charge on any atom is -0.482 e. The third kappa shape index (κ3) is 1.75. The maximum Gasteiger partial charge on any atom is 0.264 e. The van der Waals surface area contributed by atoms with Crippen LogP contribution in [0.15, 0.2) is 18.2 Å². The fourth-order valence-corrected chi connectivity index (χ4v) is 1.63. The lowest BCUT2D eigenvalue weighted by Gasteiger charge is -2.26. The van der Waals surface area contributed by atoms with Crippen LogP contribution in [-0.4, -0.2) is 31.3 Å². The van der Waals surface area contributed by atoms with E-state index in [9.17, 15) is 4.79 Å². The number of amides is 1. The topological polar surface area (TPSA) is 75.8 Å². The van der Waals surface area contributed by atoms with Crippen molar-refractivity contribution in [1.29, 1.82) is 0 Å². The lowest BCUT2D eigenvalue weighted by molar-refractivity contribution is -0.120. The van der Waals surface area contributed by atoms with Crippen LogP contribution in [0.2, 0.25) is 0 Å². The van der Waals surface area contributed by atoms with Crippen molar-refractivity contribution in [2.75, 3.05) is 25.2 Å². The van der Waals surface area contributed by atoms with Crippen molar-refractivity contribution >= 4 is 11.6 Å². The number of nitrogens with zero attached hydrogens (tertiary/aromatic N) is 1. The predicted octanol–water partition coefficient (Wildman–Crippen LogP) is 0.0339. The van der Waals surface area contributed by atoms with Gasteiger partial charge >= 0.3 is 0 Å². The fraction of sp³-hybridized carbons (Fsp3) is 0.364. The van der Waals surface area contributed by atoms with Crippen molar-refractivity contribution in [3.05, 3.63) is 23.8 Å². The molecule has 1 aromatic rings. The number of aliphatic hydroxyl groups is 1. The Morgan fingerprint density at radius 2 is 2.38 bits per heavy atom. The Bertz CT molecular complexity index is 420. The second-order valence-corrected chi connectivity index (χ2v) is 3.76. The summed E-state index contributed by atoms with van der Waals surface area (Å²) < 4.78 is 5.28. The first-order valence-electron chi connectivity index (χ1n) is 5.03. The van der Waals surface area contributed by atoms with Crippen LogP contribution < -0.4 is 15.4 Å². The maximum absolute atomic E-state index is 11.4. The molecular weight excluding hydrogens is 208 g/mol. The minimum atomic E-state index is -0.435. The summed E-state index contributed by atoms with van der Waals surface area (Å²) in [4.78, 5) is 13.0.